The predicted molar refractivity (Wildman–Crippen MR) is 122 cm³/mol. The summed E-state index contributed by atoms with van der Waals surface area (Å²) in [4.78, 5) is 0. The Morgan fingerprint density at radius 3 is 2.17 bits per heavy atom. The molecule has 3 aromatic rings. The van der Waals surface area contributed by atoms with Crippen molar-refractivity contribution in [1.82, 2.24) is 0 Å². The van der Waals surface area contributed by atoms with Gasteiger partial charge < -0.3 is 0 Å². The van der Waals surface area contributed by atoms with E-state index in [2.05, 4.69) is 61.9 Å². The van der Waals surface area contributed by atoms with Crippen molar-refractivity contribution < 1.29 is 5.94 Å². The molecule has 0 atom stereocenters. The third kappa shape index (κ3) is 3.39. The number of hydrogen-bond acceptors (Lipinski definition) is 0. The first-order valence-corrected chi connectivity index (χ1v) is 11.6. The smallest absolute Gasteiger partial charge is 0.200 e. The molecule has 1 nitrogen and oxygen atoms in total. The number of fused-ring (bicyclic) bond motifs is 1. The van der Waals surface area contributed by atoms with Gasteiger partial charge in [0.2, 0.25) is 5.69 Å². The lowest BCUT2D eigenvalue weighted by Crippen LogP contribution is -2.31. The first kappa shape index (κ1) is 17.7. The van der Waals surface area contributed by atoms with Crippen molar-refractivity contribution in [2.75, 3.05) is 0 Å². The molecule has 0 saturated heterocycles. The number of rotatable bonds is 3. The molecule has 5 rings (SSSR count). The van der Waals surface area contributed by atoms with Crippen LogP contribution in [0.4, 0.5) is 0 Å². The lowest BCUT2D eigenvalue weighted by molar-refractivity contribution is -0.659. The summed E-state index contributed by atoms with van der Waals surface area (Å²) in [5.41, 5.74) is 8.20. The maximum Gasteiger partial charge on any atom is 0.220 e. The molecule has 0 spiro atoms. The van der Waals surface area contributed by atoms with Crippen molar-refractivity contribution in [3.05, 3.63) is 64.8 Å². The lowest BCUT2D eigenvalue weighted by Gasteiger charge is -2.17. The highest BCUT2D eigenvalue weighted by Crippen LogP contribution is 2.40. The fourth-order valence-corrected chi connectivity index (χ4v) is 5.79. The first-order chi connectivity index (χ1) is 14.5. The third-order valence-electron chi connectivity index (χ3n) is 7.68. The average molecular weight is 386 g/mol. The zero-order valence-corrected chi connectivity index (χ0v) is 18.2. The third-order valence-corrected chi connectivity index (χ3v) is 7.68. The topological polar surface area (TPSA) is 3.88 Å². The summed E-state index contributed by atoms with van der Waals surface area (Å²) in [6.45, 7) is 4.50. The maximum atomic E-state index is 8.68. The fourth-order valence-electron chi connectivity index (χ4n) is 5.79. The van der Waals surface area contributed by atoms with Crippen LogP contribution in [0.2, 0.25) is 0 Å². The molecular weight excluding hydrogens is 350 g/mol. The van der Waals surface area contributed by atoms with Gasteiger partial charge in [0.1, 0.15) is 8.42 Å². The molecule has 0 aliphatic heterocycles. The molecule has 2 saturated carbocycles. The van der Waals surface area contributed by atoms with Crippen LogP contribution in [0.5, 0.6) is 0 Å². The van der Waals surface area contributed by atoms with Crippen LogP contribution >= 0.6 is 0 Å². The lowest BCUT2D eigenvalue weighted by atomic mass is 9.88. The van der Waals surface area contributed by atoms with Crippen molar-refractivity contribution in [2.24, 2.45) is 7.05 Å². The second kappa shape index (κ2) is 7.59. The van der Waals surface area contributed by atoms with Crippen LogP contribution in [-0.2, 0) is 7.05 Å². The summed E-state index contributed by atoms with van der Waals surface area (Å²) in [5, 5.41) is 2.50. The van der Waals surface area contributed by atoms with Crippen molar-refractivity contribution in [3.8, 4) is 11.3 Å². The number of aryl methyl sites for hydroxylation is 1. The Kier molecular flexibility index (Phi) is 4.63. The van der Waals surface area contributed by atoms with E-state index in [1.54, 1.807) is 0 Å². The van der Waals surface area contributed by atoms with Gasteiger partial charge in [-0.3, -0.25) is 0 Å². The van der Waals surface area contributed by atoms with Gasteiger partial charge in [0.25, 0.3) is 0 Å². The molecule has 29 heavy (non-hydrogen) atoms. The highest BCUT2D eigenvalue weighted by Gasteiger charge is 2.24. The van der Waals surface area contributed by atoms with E-state index in [0.717, 1.165) is 0 Å². The van der Waals surface area contributed by atoms with E-state index in [9.17, 15) is 0 Å². The Balaban J connectivity index is 1.70. The highest BCUT2D eigenvalue weighted by atomic mass is 14.9. The van der Waals surface area contributed by atoms with Crippen molar-refractivity contribution in [2.45, 2.75) is 77.0 Å². The standard InChI is InChI=1S/C28H34N/c1-19-16-25(22-10-6-7-11-22)18-27(20(19)2)28-26-13-12-23(21-8-4-5-9-21)17-24(26)14-15-29(28)3/h12-18,21-22H,4-11H2,1-3H3/q+1/i15D. The minimum atomic E-state index is 0.587. The zero-order valence-electron chi connectivity index (χ0n) is 19.2. The Labute approximate surface area is 177 Å². The van der Waals surface area contributed by atoms with E-state index in [1.165, 1.54) is 95.7 Å². The van der Waals surface area contributed by atoms with E-state index >= 15 is 0 Å². The van der Waals surface area contributed by atoms with Gasteiger partial charge in [-0.25, -0.2) is 4.57 Å². The number of aromatic nitrogens is 1. The number of nitrogens with zero attached hydrogens (tertiary/aromatic N) is 1. The van der Waals surface area contributed by atoms with Crippen molar-refractivity contribution >= 4 is 10.8 Å². The van der Waals surface area contributed by atoms with Gasteiger partial charge in [-0.15, -0.1) is 0 Å². The molecule has 0 unspecified atom stereocenters. The largest absolute Gasteiger partial charge is 0.220 e. The maximum absolute atomic E-state index is 8.68. The van der Waals surface area contributed by atoms with Crippen molar-refractivity contribution in [3.63, 3.8) is 0 Å². The molecule has 2 aromatic carbocycles. The molecule has 2 fully saturated rings. The molecule has 2 aliphatic rings. The molecular formula is C28H34N+. The van der Waals surface area contributed by atoms with Crippen LogP contribution in [0.3, 0.4) is 0 Å². The number of hydrogen-bond donors (Lipinski definition) is 0. The van der Waals surface area contributed by atoms with E-state index in [1.807, 2.05) is 0 Å². The first-order valence-electron chi connectivity index (χ1n) is 12.1. The van der Waals surface area contributed by atoms with Crippen LogP contribution in [0.15, 0.2) is 42.6 Å². The summed E-state index contributed by atoms with van der Waals surface area (Å²) in [7, 11) is 2.05. The monoisotopic (exact) mass is 385 g/mol. The van der Waals surface area contributed by atoms with Crippen LogP contribution < -0.4 is 4.57 Å². The van der Waals surface area contributed by atoms with E-state index in [4.69, 9.17) is 1.37 Å². The second-order valence-corrected chi connectivity index (χ2v) is 9.50. The van der Waals surface area contributed by atoms with Crippen LogP contribution in [0.1, 0.15) is 86.8 Å². The molecule has 2 aliphatic carbocycles. The highest BCUT2D eigenvalue weighted by molar-refractivity contribution is 5.94. The van der Waals surface area contributed by atoms with Crippen LogP contribution in [-0.4, -0.2) is 0 Å². The molecule has 0 N–H and O–H groups in total. The molecule has 0 radical (unpaired) electrons. The SMILES string of the molecule is [2H]c1cc2cc(C3CCCC3)ccc2c(-c2cc(C3CCCC3)cc(C)c2C)[n+]1C. The quantitative estimate of drug-likeness (QED) is 0.418. The summed E-state index contributed by atoms with van der Waals surface area (Å²) < 4.78 is 10.8. The Hall–Kier alpha value is -2.15. The molecule has 0 amide bonds. The molecule has 0 bridgehead atoms. The van der Waals surface area contributed by atoms with Crippen LogP contribution in [0.25, 0.3) is 22.0 Å². The van der Waals surface area contributed by atoms with Crippen molar-refractivity contribution in [1.29, 1.82) is 0 Å². The average Bonchev–Trinajstić information content (AvgIpc) is 3.45. The summed E-state index contributed by atoms with van der Waals surface area (Å²) >= 11 is 0. The van der Waals surface area contributed by atoms with Gasteiger partial charge in [-0.2, -0.15) is 0 Å². The van der Waals surface area contributed by atoms with Gasteiger partial charge in [0.15, 0.2) is 6.17 Å². The minimum Gasteiger partial charge on any atom is -0.200 e. The number of pyridine rings is 1. The van der Waals surface area contributed by atoms with Crippen LogP contribution in [0, 0.1) is 13.8 Å². The summed E-state index contributed by atoms with van der Waals surface area (Å²) in [6.07, 6.45) is 11.3. The molecule has 1 aromatic heterocycles. The molecule has 150 valence electrons. The molecule has 1 heterocycles. The fraction of sp³-hybridized carbons (Fsp3) is 0.464. The van der Waals surface area contributed by atoms with Gasteiger partial charge in [0, 0.05) is 6.07 Å². The Morgan fingerprint density at radius 1 is 0.828 bits per heavy atom. The second-order valence-electron chi connectivity index (χ2n) is 9.50. The summed E-state index contributed by atoms with van der Waals surface area (Å²) in [5.74, 6) is 1.41. The van der Waals surface area contributed by atoms with Gasteiger partial charge in [-0.1, -0.05) is 43.9 Å². The molecule has 1 heteroatoms. The van der Waals surface area contributed by atoms with Gasteiger partial charge >= 0.3 is 0 Å². The normalized spacial score (nSPS) is 18.7. The van der Waals surface area contributed by atoms with Gasteiger partial charge in [-0.05, 0) is 91.1 Å². The Morgan fingerprint density at radius 2 is 1.48 bits per heavy atom. The Bertz CT molecular complexity index is 1100. The number of benzene rings is 2. The van der Waals surface area contributed by atoms with E-state index in [0.29, 0.717) is 18.0 Å². The minimum absolute atomic E-state index is 0.587. The predicted octanol–water partition coefficient (Wildman–Crippen LogP) is 7.26. The van der Waals surface area contributed by atoms with Gasteiger partial charge in [0.05, 0.1) is 10.9 Å². The van der Waals surface area contributed by atoms with E-state index < -0.39 is 0 Å². The van der Waals surface area contributed by atoms with E-state index in [-0.39, 0.29) is 0 Å². The summed E-state index contributed by atoms with van der Waals surface area (Å²) in [6, 6.07) is 14.0. The zero-order chi connectivity index (χ0) is 20.8.